The molecule has 19 heavy (non-hydrogen) atoms. The van der Waals surface area contributed by atoms with Gasteiger partial charge in [0.05, 0.1) is 25.4 Å². The third-order valence-corrected chi connectivity index (χ3v) is 3.19. The topological polar surface area (TPSA) is 54.8 Å². The largest absolute Gasteiger partial charge is 0.481 e. The Labute approximate surface area is 114 Å². The zero-order valence-corrected chi connectivity index (χ0v) is 11.8. The van der Waals surface area contributed by atoms with E-state index in [0.717, 1.165) is 25.2 Å². The van der Waals surface area contributed by atoms with Crippen molar-refractivity contribution in [3.05, 3.63) is 23.9 Å². The summed E-state index contributed by atoms with van der Waals surface area (Å²) in [6.45, 7) is 6.43. The summed E-state index contributed by atoms with van der Waals surface area (Å²) in [4.78, 5) is 6.48. The molecule has 5 heteroatoms. The standard InChI is InChI=1S/C14H22N2O3/c1-14(2)10-16(8-12(9-17)19-14)7-11-5-4-6-15-13(11)18-3/h4-6,12,17H,7-10H2,1-3H3. The molecule has 2 rings (SSSR count). The van der Waals surface area contributed by atoms with Crippen LogP contribution in [-0.2, 0) is 11.3 Å². The second-order valence-electron chi connectivity index (χ2n) is 5.52. The van der Waals surface area contributed by atoms with E-state index in [0.29, 0.717) is 5.88 Å². The van der Waals surface area contributed by atoms with Crippen molar-refractivity contribution in [2.24, 2.45) is 0 Å². The van der Waals surface area contributed by atoms with E-state index < -0.39 is 0 Å². The van der Waals surface area contributed by atoms with Crippen molar-refractivity contribution in [3.63, 3.8) is 0 Å². The summed E-state index contributed by atoms with van der Waals surface area (Å²) in [6, 6.07) is 3.93. The van der Waals surface area contributed by atoms with E-state index in [4.69, 9.17) is 9.47 Å². The fraction of sp³-hybridized carbons (Fsp3) is 0.643. The molecule has 0 aromatic carbocycles. The number of methoxy groups -OCH3 is 1. The molecular formula is C14H22N2O3. The fourth-order valence-corrected chi connectivity index (χ4v) is 2.60. The van der Waals surface area contributed by atoms with Gasteiger partial charge in [0.1, 0.15) is 0 Å². The van der Waals surface area contributed by atoms with Gasteiger partial charge in [0.15, 0.2) is 0 Å². The smallest absolute Gasteiger partial charge is 0.217 e. The quantitative estimate of drug-likeness (QED) is 0.883. The molecule has 0 bridgehead atoms. The molecule has 2 heterocycles. The van der Waals surface area contributed by atoms with Crippen molar-refractivity contribution in [1.82, 2.24) is 9.88 Å². The van der Waals surface area contributed by atoms with Gasteiger partial charge in [-0.1, -0.05) is 6.07 Å². The summed E-state index contributed by atoms with van der Waals surface area (Å²) in [5, 5.41) is 9.32. The van der Waals surface area contributed by atoms with Crippen molar-refractivity contribution in [2.45, 2.75) is 32.1 Å². The van der Waals surface area contributed by atoms with E-state index in [-0.39, 0.29) is 18.3 Å². The Morgan fingerprint density at radius 2 is 2.37 bits per heavy atom. The Hall–Kier alpha value is -1.17. The van der Waals surface area contributed by atoms with Crippen LogP contribution in [0.1, 0.15) is 19.4 Å². The second kappa shape index (κ2) is 5.86. The summed E-state index contributed by atoms with van der Waals surface area (Å²) in [5.74, 6) is 0.660. The maximum absolute atomic E-state index is 9.32. The molecule has 0 amide bonds. The molecule has 1 aliphatic heterocycles. The number of rotatable bonds is 4. The molecule has 1 unspecified atom stereocenters. The highest BCUT2D eigenvalue weighted by Crippen LogP contribution is 2.24. The molecule has 5 nitrogen and oxygen atoms in total. The minimum Gasteiger partial charge on any atom is -0.481 e. The highest BCUT2D eigenvalue weighted by molar-refractivity contribution is 5.25. The van der Waals surface area contributed by atoms with Gasteiger partial charge in [-0.15, -0.1) is 0 Å². The van der Waals surface area contributed by atoms with Gasteiger partial charge in [0, 0.05) is 31.4 Å². The first-order valence-corrected chi connectivity index (χ1v) is 6.53. The van der Waals surface area contributed by atoms with Crippen LogP contribution in [0.15, 0.2) is 18.3 Å². The SMILES string of the molecule is COc1ncccc1CN1CC(CO)OC(C)(C)C1. The maximum Gasteiger partial charge on any atom is 0.217 e. The normalized spacial score (nSPS) is 23.3. The van der Waals surface area contributed by atoms with Crippen LogP contribution in [-0.4, -0.2) is 53.5 Å². The summed E-state index contributed by atoms with van der Waals surface area (Å²) in [5.41, 5.74) is 0.806. The predicted octanol–water partition coefficient (Wildman–Crippen LogP) is 1.06. The Balaban J connectivity index is 2.09. The number of morpholine rings is 1. The van der Waals surface area contributed by atoms with Crippen LogP contribution in [0, 0.1) is 0 Å². The van der Waals surface area contributed by atoms with Gasteiger partial charge in [-0.3, -0.25) is 4.90 Å². The third-order valence-electron chi connectivity index (χ3n) is 3.19. The van der Waals surface area contributed by atoms with Gasteiger partial charge >= 0.3 is 0 Å². The first kappa shape index (κ1) is 14.2. The van der Waals surface area contributed by atoms with Crippen LogP contribution in [0.4, 0.5) is 0 Å². The molecule has 1 aromatic rings. The zero-order valence-electron chi connectivity index (χ0n) is 11.8. The van der Waals surface area contributed by atoms with Gasteiger partial charge in [-0.25, -0.2) is 4.98 Å². The van der Waals surface area contributed by atoms with Crippen LogP contribution in [0.5, 0.6) is 5.88 Å². The monoisotopic (exact) mass is 266 g/mol. The molecule has 1 aromatic heterocycles. The lowest BCUT2D eigenvalue weighted by atomic mass is 10.0. The van der Waals surface area contributed by atoms with Crippen LogP contribution in [0.3, 0.4) is 0 Å². The Morgan fingerprint density at radius 3 is 3.05 bits per heavy atom. The first-order chi connectivity index (χ1) is 9.04. The van der Waals surface area contributed by atoms with Crippen LogP contribution < -0.4 is 4.74 Å². The summed E-state index contributed by atoms with van der Waals surface area (Å²) in [7, 11) is 1.63. The Morgan fingerprint density at radius 1 is 1.58 bits per heavy atom. The number of pyridine rings is 1. The lowest BCUT2D eigenvalue weighted by molar-refractivity contribution is -0.150. The summed E-state index contributed by atoms with van der Waals surface area (Å²) in [6.07, 6.45) is 1.59. The minimum absolute atomic E-state index is 0.0457. The molecule has 0 spiro atoms. The lowest BCUT2D eigenvalue weighted by Crippen LogP contribution is -2.53. The van der Waals surface area contributed by atoms with Gasteiger partial charge in [-0.2, -0.15) is 0 Å². The number of aliphatic hydroxyl groups is 1. The fourth-order valence-electron chi connectivity index (χ4n) is 2.60. The zero-order chi connectivity index (χ0) is 13.9. The van der Waals surface area contributed by atoms with Crippen molar-refractivity contribution in [1.29, 1.82) is 0 Å². The van der Waals surface area contributed by atoms with Gasteiger partial charge in [0.25, 0.3) is 0 Å². The van der Waals surface area contributed by atoms with Crippen molar-refractivity contribution < 1.29 is 14.6 Å². The number of aliphatic hydroxyl groups excluding tert-OH is 1. The molecule has 1 fully saturated rings. The first-order valence-electron chi connectivity index (χ1n) is 6.53. The molecule has 1 N–H and O–H groups in total. The molecule has 1 aliphatic rings. The Bertz CT molecular complexity index is 423. The average molecular weight is 266 g/mol. The van der Waals surface area contributed by atoms with Gasteiger partial charge in [-0.05, 0) is 19.9 Å². The molecular weight excluding hydrogens is 244 g/mol. The maximum atomic E-state index is 9.32. The highest BCUT2D eigenvalue weighted by atomic mass is 16.5. The Kier molecular flexibility index (Phi) is 4.39. The molecule has 1 saturated heterocycles. The van der Waals surface area contributed by atoms with Crippen LogP contribution in [0.25, 0.3) is 0 Å². The molecule has 0 radical (unpaired) electrons. The average Bonchev–Trinajstić information content (AvgIpc) is 2.37. The molecule has 0 saturated carbocycles. The number of hydrogen-bond acceptors (Lipinski definition) is 5. The van der Waals surface area contributed by atoms with E-state index in [9.17, 15) is 5.11 Å². The predicted molar refractivity (Wildman–Crippen MR) is 72.1 cm³/mol. The molecule has 1 atom stereocenters. The minimum atomic E-state index is -0.249. The van der Waals surface area contributed by atoms with E-state index in [1.54, 1.807) is 13.3 Å². The van der Waals surface area contributed by atoms with E-state index in [2.05, 4.69) is 9.88 Å². The van der Waals surface area contributed by atoms with Crippen molar-refractivity contribution in [3.8, 4) is 5.88 Å². The van der Waals surface area contributed by atoms with E-state index in [1.807, 2.05) is 26.0 Å². The third kappa shape index (κ3) is 3.65. The summed E-state index contributed by atoms with van der Waals surface area (Å²) >= 11 is 0. The van der Waals surface area contributed by atoms with E-state index >= 15 is 0 Å². The second-order valence-corrected chi connectivity index (χ2v) is 5.52. The van der Waals surface area contributed by atoms with Crippen molar-refractivity contribution >= 4 is 0 Å². The number of nitrogens with zero attached hydrogens (tertiary/aromatic N) is 2. The van der Waals surface area contributed by atoms with Gasteiger partial charge < -0.3 is 14.6 Å². The van der Waals surface area contributed by atoms with Crippen LogP contribution >= 0.6 is 0 Å². The number of aromatic nitrogens is 1. The summed E-state index contributed by atoms with van der Waals surface area (Å²) < 4.78 is 11.1. The molecule has 0 aliphatic carbocycles. The van der Waals surface area contributed by atoms with E-state index in [1.165, 1.54) is 0 Å². The van der Waals surface area contributed by atoms with Gasteiger partial charge in [0.2, 0.25) is 5.88 Å². The molecule has 106 valence electrons. The number of hydrogen-bond donors (Lipinski definition) is 1. The lowest BCUT2D eigenvalue weighted by Gasteiger charge is -2.42. The highest BCUT2D eigenvalue weighted by Gasteiger charge is 2.33. The van der Waals surface area contributed by atoms with Crippen LogP contribution in [0.2, 0.25) is 0 Å². The number of ether oxygens (including phenoxy) is 2. The van der Waals surface area contributed by atoms with Crippen molar-refractivity contribution in [2.75, 3.05) is 26.8 Å².